The standard InChI is InChI=1S/C34H47F2N7O7S/c1-8-49-13-14-50-34(45)43-31-11-12-42(51(46,47)27-16-24(35)15-25(36)17-27)20-29(31)32(39-43)38-33(44)28-10-9-26(41(6)19-23(3)40(4)5)18-30(28)37-22(2)21-48-7/h9-10,15-18,22-23,37H,8,11-14,19-21H2,1-7H3,(H,38,39,44)/t22?,23-/m0/s1. The number of methoxy groups -OCH3 is 1. The molecule has 1 unspecified atom stereocenters. The van der Waals surface area contributed by atoms with Gasteiger partial charge >= 0.3 is 6.09 Å². The van der Waals surface area contributed by atoms with Gasteiger partial charge in [0.15, 0.2) is 5.82 Å². The van der Waals surface area contributed by atoms with E-state index in [2.05, 4.69) is 32.5 Å². The van der Waals surface area contributed by atoms with Crippen molar-refractivity contribution in [2.45, 2.75) is 50.7 Å². The third-order valence-corrected chi connectivity index (χ3v) is 10.3. The summed E-state index contributed by atoms with van der Waals surface area (Å²) >= 11 is 0. The van der Waals surface area contributed by atoms with Crippen LogP contribution in [0.4, 0.5) is 30.8 Å². The summed E-state index contributed by atoms with van der Waals surface area (Å²) < 4.78 is 73.0. The molecule has 2 N–H and O–H groups in total. The second-order valence-electron chi connectivity index (χ2n) is 12.6. The Labute approximate surface area is 297 Å². The Hall–Kier alpha value is -4.16. The second-order valence-corrected chi connectivity index (χ2v) is 14.5. The lowest BCUT2D eigenvalue weighted by molar-refractivity contribution is 0.0777. The van der Waals surface area contributed by atoms with Crippen LogP contribution >= 0.6 is 0 Å². The van der Waals surface area contributed by atoms with E-state index in [1.807, 2.05) is 40.2 Å². The Morgan fingerprint density at radius 3 is 2.41 bits per heavy atom. The number of nitrogens with zero attached hydrogens (tertiary/aromatic N) is 5. The number of fused-ring (bicyclic) bond motifs is 1. The molecule has 0 aliphatic carbocycles. The minimum atomic E-state index is -4.39. The van der Waals surface area contributed by atoms with E-state index in [0.29, 0.717) is 30.7 Å². The summed E-state index contributed by atoms with van der Waals surface area (Å²) in [6, 6.07) is 7.47. The van der Waals surface area contributed by atoms with Gasteiger partial charge in [-0.2, -0.15) is 8.99 Å². The smallest absolute Gasteiger partial charge is 0.435 e. The molecular weight excluding hydrogens is 688 g/mol. The molecule has 14 nitrogen and oxygen atoms in total. The molecular formula is C34H47F2N7O7S. The van der Waals surface area contributed by atoms with Gasteiger partial charge < -0.3 is 34.6 Å². The molecule has 1 aromatic heterocycles. The van der Waals surface area contributed by atoms with Crippen molar-refractivity contribution in [1.82, 2.24) is 19.0 Å². The molecule has 1 aliphatic heterocycles. The summed E-state index contributed by atoms with van der Waals surface area (Å²) in [5, 5.41) is 10.5. The number of hydrogen-bond donors (Lipinski definition) is 2. The number of amides is 1. The molecule has 280 valence electrons. The summed E-state index contributed by atoms with van der Waals surface area (Å²) in [5.41, 5.74) is 2.18. The Kier molecular flexibility index (Phi) is 13.5. The highest BCUT2D eigenvalue weighted by atomic mass is 32.2. The number of sulfonamides is 1. The van der Waals surface area contributed by atoms with Crippen molar-refractivity contribution in [3.8, 4) is 0 Å². The minimum absolute atomic E-state index is 0.0104. The van der Waals surface area contributed by atoms with Gasteiger partial charge in [0, 0.05) is 81.9 Å². The number of ether oxygens (including phenoxy) is 3. The molecule has 1 aliphatic rings. The molecule has 51 heavy (non-hydrogen) atoms. The zero-order chi connectivity index (χ0) is 37.5. The number of likely N-dealkylation sites (N-methyl/N-ethyl adjacent to an activating group) is 2. The van der Waals surface area contributed by atoms with E-state index in [4.69, 9.17) is 14.2 Å². The number of hydrogen-bond acceptors (Lipinski definition) is 11. The fourth-order valence-electron chi connectivity index (χ4n) is 5.55. The first-order chi connectivity index (χ1) is 24.2. The molecule has 4 rings (SSSR count). The SMILES string of the molecule is CCOCCOC(=O)n1nc(NC(=O)c2ccc(N(C)C[C@H](C)N(C)C)cc2NC(C)COC)c2c1CCN(S(=O)(=O)c1cc(F)cc(F)c1)C2. The predicted octanol–water partition coefficient (Wildman–Crippen LogP) is 4.01. The summed E-state index contributed by atoms with van der Waals surface area (Å²) in [6.45, 7) is 6.94. The Morgan fingerprint density at radius 1 is 1.06 bits per heavy atom. The third-order valence-electron chi connectivity index (χ3n) is 8.49. The Balaban J connectivity index is 1.71. The maximum Gasteiger partial charge on any atom is 0.435 e. The van der Waals surface area contributed by atoms with E-state index in [1.165, 1.54) is 0 Å². The number of rotatable bonds is 16. The first kappa shape index (κ1) is 39.6. The molecule has 0 spiro atoms. The van der Waals surface area contributed by atoms with Crippen molar-refractivity contribution in [1.29, 1.82) is 0 Å². The van der Waals surface area contributed by atoms with Gasteiger partial charge in [-0.1, -0.05) is 0 Å². The zero-order valence-corrected chi connectivity index (χ0v) is 30.9. The van der Waals surface area contributed by atoms with Crippen LogP contribution in [-0.2, 0) is 37.2 Å². The molecule has 0 radical (unpaired) electrons. The van der Waals surface area contributed by atoms with Gasteiger partial charge in [0.1, 0.15) is 18.2 Å². The molecule has 1 amide bonds. The van der Waals surface area contributed by atoms with E-state index in [9.17, 15) is 26.8 Å². The van der Waals surface area contributed by atoms with Crippen molar-refractivity contribution in [3.05, 3.63) is 64.9 Å². The van der Waals surface area contributed by atoms with Crippen LogP contribution in [0.15, 0.2) is 41.3 Å². The number of benzene rings is 2. The molecule has 0 fully saturated rings. The molecule has 2 atom stereocenters. The monoisotopic (exact) mass is 735 g/mol. The first-order valence-electron chi connectivity index (χ1n) is 16.6. The van der Waals surface area contributed by atoms with Crippen LogP contribution in [0.5, 0.6) is 0 Å². The van der Waals surface area contributed by atoms with Crippen molar-refractivity contribution in [3.63, 3.8) is 0 Å². The van der Waals surface area contributed by atoms with Crippen molar-refractivity contribution in [2.24, 2.45) is 0 Å². The van der Waals surface area contributed by atoms with E-state index in [0.717, 1.165) is 33.4 Å². The van der Waals surface area contributed by atoms with Crippen molar-refractivity contribution >= 4 is 39.2 Å². The van der Waals surface area contributed by atoms with Crippen LogP contribution in [0.1, 0.15) is 42.4 Å². The molecule has 0 bridgehead atoms. The number of anilines is 3. The average molecular weight is 736 g/mol. The molecule has 17 heteroatoms. The van der Waals surface area contributed by atoms with Crippen molar-refractivity contribution < 1.29 is 41.0 Å². The highest BCUT2D eigenvalue weighted by molar-refractivity contribution is 7.89. The maximum absolute atomic E-state index is 14.0. The topological polar surface area (TPSA) is 148 Å². The number of aromatic nitrogens is 2. The van der Waals surface area contributed by atoms with Gasteiger partial charge in [0.25, 0.3) is 5.91 Å². The van der Waals surface area contributed by atoms with Gasteiger partial charge in [-0.15, -0.1) is 5.10 Å². The molecule has 2 heterocycles. The number of nitrogens with one attached hydrogen (secondary N) is 2. The molecule has 0 saturated heterocycles. The summed E-state index contributed by atoms with van der Waals surface area (Å²) in [6.07, 6.45) is -0.853. The van der Waals surface area contributed by atoms with Crippen molar-refractivity contribution in [2.75, 3.05) is 83.3 Å². The lowest BCUT2D eigenvalue weighted by atomic mass is 10.1. The molecule has 3 aromatic rings. The third kappa shape index (κ3) is 9.79. The quantitative estimate of drug-likeness (QED) is 0.206. The van der Waals surface area contributed by atoms with E-state index < -0.39 is 38.6 Å². The molecule has 0 saturated carbocycles. The van der Waals surface area contributed by atoms with Gasteiger partial charge in [-0.25, -0.2) is 22.0 Å². The number of halogens is 2. The fourth-order valence-corrected chi connectivity index (χ4v) is 7.01. The lowest BCUT2D eigenvalue weighted by Crippen LogP contribution is -2.37. The van der Waals surface area contributed by atoms with E-state index >= 15 is 0 Å². The van der Waals surface area contributed by atoms with Crippen LogP contribution in [0.2, 0.25) is 0 Å². The fraction of sp³-hybridized carbons (Fsp3) is 0.500. The highest BCUT2D eigenvalue weighted by Crippen LogP contribution is 2.32. The lowest BCUT2D eigenvalue weighted by Gasteiger charge is -2.28. The van der Waals surface area contributed by atoms with Crippen LogP contribution in [0.25, 0.3) is 0 Å². The Morgan fingerprint density at radius 2 is 1.76 bits per heavy atom. The van der Waals surface area contributed by atoms with Crippen LogP contribution < -0.4 is 15.5 Å². The number of carbonyl (C=O) groups is 2. The minimum Gasteiger partial charge on any atom is -0.445 e. The van der Waals surface area contributed by atoms with Crippen LogP contribution in [0, 0.1) is 11.6 Å². The Bertz CT molecular complexity index is 1780. The maximum atomic E-state index is 14.0. The zero-order valence-electron chi connectivity index (χ0n) is 30.0. The van der Waals surface area contributed by atoms with E-state index in [1.54, 1.807) is 20.1 Å². The van der Waals surface area contributed by atoms with Crippen LogP contribution in [-0.4, -0.2) is 119 Å². The average Bonchev–Trinajstić information content (AvgIpc) is 3.43. The van der Waals surface area contributed by atoms with E-state index in [-0.39, 0.29) is 61.8 Å². The normalized spacial score (nSPS) is 14.5. The number of carbonyl (C=O) groups excluding carboxylic acids is 2. The van der Waals surface area contributed by atoms with Crippen LogP contribution in [0.3, 0.4) is 0 Å². The van der Waals surface area contributed by atoms with Gasteiger partial charge in [-0.05, 0) is 65.2 Å². The predicted molar refractivity (Wildman–Crippen MR) is 189 cm³/mol. The van der Waals surface area contributed by atoms with Gasteiger partial charge in [0.05, 0.1) is 29.4 Å². The summed E-state index contributed by atoms with van der Waals surface area (Å²) in [7, 11) is 3.15. The largest absolute Gasteiger partial charge is 0.445 e. The summed E-state index contributed by atoms with van der Waals surface area (Å²) in [5.74, 6) is -2.74. The highest BCUT2D eigenvalue weighted by Gasteiger charge is 2.35. The van der Waals surface area contributed by atoms with Gasteiger partial charge in [0.2, 0.25) is 10.0 Å². The van der Waals surface area contributed by atoms with Gasteiger partial charge in [-0.3, -0.25) is 4.79 Å². The molecule has 2 aromatic carbocycles. The second kappa shape index (κ2) is 17.4. The summed E-state index contributed by atoms with van der Waals surface area (Å²) in [4.78, 5) is 30.8. The first-order valence-corrected chi connectivity index (χ1v) is 18.0.